The van der Waals surface area contributed by atoms with Gasteiger partial charge in [-0.05, 0) is 23.8 Å². The van der Waals surface area contributed by atoms with Crippen LogP contribution in [0.1, 0.15) is 15.9 Å². The van der Waals surface area contributed by atoms with Crippen LogP contribution in [0.2, 0.25) is 0 Å². The fraction of sp³-hybridized carbons (Fsp3) is 0.136. The summed E-state index contributed by atoms with van der Waals surface area (Å²) in [6.45, 7) is 1.65. The second-order valence-corrected chi connectivity index (χ2v) is 6.74. The Morgan fingerprint density at radius 1 is 1.00 bits per heavy atom. The number of nitrogens with one attached hydrogen (secondary N) is 1. The standard InChI is InChI=1S/C22H18N4O3/c27-22(25-18-6-7-19-20(11-18)29-9-8-28-19)17-10-16-13-24-26(21(16)23-12-17)14-15-4-2-1-3-5-15/h1-7,10-13H,8-9,14H2,(H,25,27). The van der Waals surface area contributed by atoms with E-state index in [2.05, 4.69) is 15.4 Å². The van der Waals surface area contributed by atoms with E-state index in [1.807, 2.05) is 35.0 Å². The number of aromatic nitrogens is 3. The summed E-state index contributed by atoms with van der Waals surface area (Å²) in [6.07, 6.45) is 3.30. The summed E-state index contributed by atoms with van der Waals surface area (Å²) in [6, 6.07) is 17.2. The second-order valence-electron chi connectivity index (χ2n) is 6.74. The molecule has 29 heavy (non-hydrogen) atoms. The average molecular weight is 386 g/mol. The van der Waals surface area contributed by atoms with E-state index in [-0.39, 0.29) is 5.91 Å². The lowest BCUT2D eigenvalue weighted by molar-refractivity contribution is 0.102. The third-order valence-corrected chi connectivity index (χ3v) is 4.71. The van der Waals surface area contributed by atoms with Crippen LogP contribution in [0.5, 0.6) is 11.5 Å². The highest BCUT2D eigenvalue weighted by Gasteiger charge is 2.15. The number of ether oxygens (including phenoxy) is 2. The minimum Gasteiger partial charge on any atom is -0.486 e. The quantitative estimate of drug-likeness (QED) is 0.581. The van der Waals surface area contributed by atoms with E-state index in [1.165, 1.54) is 0 Å². The molecule has 2 aromatic heterocycles. The van der Waals surface area contributed by atoms with E-state index in [1.54, 1.807) is 36.7 Å². The van der Waals surface area contributed by atoms with Crippen LogP contribution in [0.25, 0.3) is 11.0 Å². The predicted molar refractivity (Wildman–Crippen MR) is 108 cm³/mol. The first kappa shape index (κ1) is 17.2. The molecule has 0 saturated heterocycles. The molecule has 1 amide bonds. The SMILES string of the molecule is O=C(Nc1ccc2c(c1)OCCO2)c1cnc2c(cnn2Cc2ccccc2)c1. The Morgan fingerprint density at radius 3 is 2.69 bits per heavy atom. The van der Waals surface area contributed by atoms with Crippen LogP contribution in [0, 0.1) is 0 Å². The zero-order valence-corrected chi connectivity index (χ0v) is 15.5. The maximum atomic E-state index is 12.7. The van der Waals surface area contributed by atoms with E-state index in [9.17, 15) is 4.79 Å². The van der Waals surface area contributed by atoms with Gasteiger partial charge in [0.25, 0.3) is 5.91 Å². The molecule has 0 unspecified atom stereocenters. The Hall–Kier alpha value is -3.87. The van der Waals surface area contributed by atoms with Crippen LogP contribution in [0.4, 0.5) is 5.69 Å². The first-order valence-electron chi connectivity index (χ1n) is 9.33. The molecular formula is C22H18N4O3. The third-order valence-electron chi connectivity index (χ3n) is 4.71. The lowest BCUT2D eigenvalue weighted by Crippen LogP contribution is -2.16. The van der Waals surface area contributed by atoms with Gasteiger partial charge in [0.05, 0.1) is 18.3 Å². The molecule has 0 spiro atoms. The molecule has 0 aliphatic carbocycles. The van der Waals surface area contributed by atoms with E-state index in [0.29, 0.717) is 42.5 Å². The number of nitrogens with zero attached hydrogens (tertiary/aromatic N) is 3. The predicted octanol–water partition coefficient (Wildman–Crippen LogP) is 3.50. The molecule has 0 saturated carbocycles. The molecule has 2 aromatic carbocycles. The van der Waals surface area contributed by atoms with Crippen molar-refractivity contribution >= 4 is 22.6 Å². The molecule has 1 aliphatic heterocycles. The van der Waals surface area contributed by atoms with Gasteiger partial charge in [-0.2, -0.15) is 5.10 Å². The molecule has 144 valence electrons. The summed E-state index contributed by atoms with van der Waals surface area (Å²) in [4.78, 5) is 17.1. The number of carbonyl (C=O) groups is 1. The van der Waals surface area contributed by atoms with Crippen molar-refractivity contribution in [3.8, 4) is 11.5 Å². The highest BCUT2D eigenvalue weighted by Crippen LogP contribution is 2.32. The van der Waals surface area contributed by atoms with Crippen molar-refractivity contribution < 1.29 is 14.3 Å². The minimum atomic E-state index is -0.244. The molecule has 0 bridgehead atoms. The molecule has 3 heterocycles. The van der Waals surface area contributed by atoms with Crippen LogP contribution in [0.15, 0.2) is 67.0 Å². The Kier molecular flexibility index (Phi) is 4.32. The first-order chi connectivity index (χ1) is 14.3. The van der Waals surface area contributed by atoms with Crippen LogP contribution >= 0.6 is 0 Å². The summed E-state index contributed by atoms with van der Waals surface area (Å²) >= 11 is 0. The minimum absolute atomic E-state index is 0.244. The summed E-state index contributed by atoms with van der Waals surface area (Å²) in [5.41, 5.74) is 2.98. The van der Waals surface area contributed by atoms with Crippen molar-refractivity contribution in [2.24, 2.45) is 0 Å². The fourth-order valence-electron chi connectivity index (χ4n) is 3.29. The number of carbonyl (C=O) groups excluding carboxylic acids is 1. The molecule has 0 atom stereocenters. The number of fused-ring (bicyclic) bond motifs is 2. The van der Waals surface area contributed by atoms with Gasteiger partial charge in [0.15, 0.2) is 17.1 Å². The van der Waals surface area contributed by atoms with E-state index in [4.69, 9.17) is 9.47 Å². The summed E-state index contributed by atoms with van der Waals surface area (Å²) in [7, 11) is 0. The Balaban J connectivity index is 1.36. The highest BCUT2D eigenvalue weighted by molar-refractivity contribution is 6.05. The van der Waals surface area contributed by atoms with Gasteiger partial charge in [-0.1, -0.05) is 30.3 Å². The summed E-state index contributed by atoms with van der Waals surface area (Å²) in [5, 5.41) is 8.11. The number of rotatable bonds is 4. The Labute approximate surface area is 166 Å². The molecule has 1 N–H and O–H groups in total. The van der Waals surface area contributed by atoms with Gasteiger partial charge in [-0.25, -0.2) is 9.67 Å². The van der Waals surface area contributed by atoms with E-state index < -0.39 is 0 Å². The van der Waals surface area contributed by atoms with Gasteiger partial charge in [0.2, 0.25) is 0 Å². The zero-order chi connectivity index (χ0) is 19.6. The zero-order valence-electron chi connectivity index (χ0n) is 15.5. The van der Waals surface area contributed by atoms with Gasteiger partial charge in [-0.15, -0.1) is 0 Å². The van der Waals surface area contributed by atoms with Crippen molar-refractivity contribution in [3.05, 3.63) is 78.1 Å². The lowest BCUT2D eigenvalue weighted by atomic mass is 10.2. The lowest BCUT2D eigenvalue weighted by Gasteiger charge is -2.19. The number of pyridine rings is 1. The maximum Gasteiger partial charge on any atom is 0.257 e. The number of benzene rings is 2. The molecule has 1 aliphatic rings. The highest BCUT2D eigenvalue weighted by atomic mass is 16.6. The number of hydrogen-bond donors (Lipinski definition) is 1. The number of amides is 1. The van der Waals surface area contributed by atoms with Gasteiger partial charge >= 0.3 is 0 Å². The maximum absolute atomic E-state index is 12.7. The topological polar surface area (TPSA) is 78.3 Å². The number of anilines is 1. The van der Waals surface area contributed by atoms with Gasteiger partial charge in [-0.3, -0.25) is 4.79 Å². The molecule has 0 fully saturated rings. The summed E-state index contributed by atoms with van der Waals surface area (Å²) < 4.78 is 12.9. The van der Waals surface area contributed by atoms with Crippen molar-refractivity contribution in [2.75, 3.05) is 18.5 Å². The van der Waals surface area contributed by atoms with Crippen LogP contribution in [0.3, 0.4) is 0 Å². The van der Waals surface area contributed by atoms with Crippen LogP contribution in [-0.4, -0.2) is 33.9 Å². The molecule has 7 nitrogen and oxygen atoms in total. The molecule has 5 rings (SSSR count). The van der Waals surface area contributed by atoms with E-state index in [0.717, 1.165) is 16.6 Å². The van der Waals surface area contributed by atoms with Crippen LogP contribution in [-0.2, 0) is 6.54 Å². The van der Waals surface area contributed by atoms with Gasteiger partial charge in [0, 0.05) is 23.3 Å². The molecular weight excluding hydrogens is 368 g/mol. The third kappa shape index (κ3) is 3.50. The van der Waals surface area contributed by atoms with Crippen molar-refractivity contribution in [2.45, 2.75) is 6.54 Å². The average Bonchev–Trinajstić information content (AvgIpc) is 3.16. The van der Waals surface area contributed by atoms with Gasteiger partial charge < -0.3 is 14.8 Å². The molecule has 0 radical (unpaired) electrons. The second kappa shape index (κ2) is 7.27. The fourth-order valence-corrected chi connectivity index (χ4v) is 3.29. The Morgan fingerprint density at radius 2 is 1.83 bits per heavy atom. The normalized spacial score (nSPS) is 12.7. The van der Waals surface area contributed by atoms with Crippen LogP contribution < -0.4 is 14.8 Å². The van der Waals surface area contributed by atoms with Crippen molar-refractivity contribution in [1.82, 2.24) is 14.8 Å². The number of hydrogen-bond acceptors (Lipinski definition) is 5. The summed E-state index contributed by atoms with van der Waals surface area (Å²) in [5.74, 6) is 1.07. The smallest absolute Gasteiger partial charge is 0.257 e. The molecule has 4 aromatic rings. The van der Waals surface area contributed by atoms with E-state index >= 15 is 0 Å². The van der Waals surface area contributed by atoms with Gasteiger partial charge in [0.1, 0.15) is 13.2 Å². The van der Waals surface area contributed by atoms with Crippen molar-refractivity contribution in [3.63, 3.8) is 0 Å². The molecule has 7 heteroatoms. The monoisotopic (exact) mass is 386 g/mol. The first-order valence-corrected chi connectivity index (χ1v) is 9.33. The van der Waals surface area contributed by atoms with Crippen molar-refractivity contribution in [1.29, 1.82) is 0 Å². The Bertz CT molecular complexity index is 1190. The largest absolute Gasteiger partial charge is 0.486 e.